The third-order valence-corrected chi connectivity index (χ3v) is 4.21. The first-order valence-corrected chi connectivity index (χ1v) is 8.68. The van der Waals surface area contributed by atoms with Gasteiger partial charge in [-0.2, -0.15) is 17.9 Å². The van der Waals surface area contributed by atoms with Gasteiger partial charge in [0.25, 0.3) is 11.8 Å². The van der Waals surface area contributed by atoms with Crippen molar-refractivity contribution in [3.63, 3.8) is 0 Å². The summed E-state index contributed by atoms with van der Waals surface area (Å²) in [6, 6.07) is 6.04. The number of alkyl halides is 3. The first kappa shape index (κ1) is 18.7. The lowest BCUT2D eigenvalue weighted by molar-refractivity contribution is -0.144. The smallest absolute Gasteiger partial charge is 0.453 e. The highest BCUT2D eigenvalue weighted by atomic mass is 32.2. The highest BCUT2D eigenvalue weighted by molar-refractivity contribution is 7.89. The zero-order valence-electron chi connectivity index (χ0n) is 13.5. The molecule has 13 heteroatoms. The van der Waals surface area contributed by atoms with Gasteiger partial charge in [-0.15, -0.1) is 5.10 Å². The average Bonchev–Trinajstić information content (AvgIpc) is 3.07. The van der Waals surface area contributed by atoms with Crippen molar-refractivity contribution in [2.45, 2.75) is 11.1 Å². The quantitative estimate of drug-likeness (QED) is 0.701. The van der Waals surface area contributed by atoms with Gasteiger partial charge in [0.1, 0.15) is 10.6 Å². The van der Waals surface area contributed by atoms with Crippen LogP contribution in [0.15, 0.2) is 41.6 Å². The van der Waals surface area contributed by atoms with Gasteiger partial charge in [-0.1, -0.05) is 0 Å². The minimum Gasteiger partial charge on any atom is -0.497 e. The number of primary sulfonamides is 1. The number of nitrogens with zero attached hydrogens (tertiary/aromatic N) is 5. The summed E-state index contributed by atoms with van der Waals surface area (Å²) in [6.45, 7) is 0. The number of methoxy groups -OCH3 is 1. The molecule has 0 bridgehead atoms. The molecule has 0 fully saturated rings. The Labute approximate surface area is 150 Å². The molecule has 0 radical (unpaired) electrons. The van der Waals surface area contributed by atoms with Crippen molar-refractivity contribution in [2.75, 3.05) is 7.11 Å². The standard InChI is InChI=1S/C14H11F3N6O3S/c1-26-9-4-2-8(3-5-9)11-21-12(14(15,16)17)22-23(11)13-19-6-10(7-20-13)27(18,24)25/h2-7H,1H3,(H2,18,24,25). The Hall–Kier alpha value is -3.06. The fourth-order valence-electron chi connectivity index (χ4n) is 2.06. The van der Waals surface area contributed by atoms with E-state index in [2.05, 4.69) is 20.1 Å². The third-order valence-electron chi connectivity index (χ3n) is 3.34. The van der Waals surface area contributed by atoms with E-state index in [1.807, 2.05) is 0 Å². The van der Waals surface area contributed by atoms with E-state index in [-0.39, 0.29) is 17.3 Å². The normalized spacial score (nSPS) is 12.2. The summed E-state index contributed by atoms with van der Waals surface area (Å²) in [5.41, 5.74) is 0.290. The molecule has 27 heavy (non-hydrogen) atoms. The molecular weight excluding hydrogens is 389 g/mol. The maximum absolute atomic E-state index is 13.1. The van der Waals surface area contributed by atoms with Crippen molar-refractivity contribution >= 4 is 10.0 Å². The molecule has 0 aliphatic carbocycles. The van der Waals surface area contributed by atoms with Crippen LogP contribution in [-0.2, 0) is 16.2 Å². The largest absolute Gasteiger partial charge is 0.497 e. The second-order valence-electron chi connectivity index (χ2n) is 5.16. The van der Waals surface area contributed by atoms with Crippen LogP contribution in [0.1, 0.15) is 5.82 Å². The molecular formula is C14H11F3N6O3S. The van der Waals surface area contributed by atoms with E-state index in [0.717, 1.165) is 17.1 Å². The Morgan fingerprint density at radius 1 is 1.11 bits per heavy atom. The van der Waals surface area contributed by atoms with Gasteiger partial charge in [0.2, 0.25) is 10.0 Å². The summed E-state index contributed by atoms with van der Waals surface area (Å²) in [4.78, 5) is 10.6. The zero-order valence-corrected chi connectivity index (χ0v) is 14.4. The van der Waals surface area contributed by atoms with E-state index in [4.69, 9.17) is 9.88 Å². The molecule has 2 heterocycles. The molecule has 0 aliphatic heterocycles. The summed E-state index contributed by atoms with van der Waals surface area (Å²) in [5.74, 6) is -1.40. The molecule has 3 rings (SSSR count). The van der Waals surface area contributed by atoms with E-state index in [9.17, 15) is 21.6 Å². The molecule has 9 nitrogen and oxygen atoms in total. The van der Waals surface area contributed by atoms with Crippen LogP contribution >= 0.6 is 0 Å². The van der Waals surface area contributed by atoms with Gasteiger partial charge < -0.3 is 4.74 Å². The number of ether oxygens (including phenoxy) is 1. The number of aromatic nitrogens is 5. The molecule has 0 atom stereocenters. The van der Waals surface area contributed by atoms with E-state index >= 15 is 0 Å². The average molecular weight is 400 g/mol. The molecule has 0 saturated carbocycles. The molecule has 2 N–H and O–H groups in total. The zero-order chi connectivity index (χ0) is 19.8. The van der Waals surface area contributed by atoms with E-state index in [0.29, 0.717) is 5.75 Å². The molecule has 0 amide bonds. The molecule has 142 valence electrons. The SMILES string of the molecule is COc1ccc(-c2nc(C(F)(F)F)nn2-c2ncc(S(N)(=O)=O)cn2)cc1. The second-order valence-corrected chi connectivity index (χ2v) is 6.72. The summed E-state index contributed by atoms with van der Waals surface area (Å²) < 4.78 is 67.5. The highest BCUT2D eigenvalue weighted by Gasteiger charge is 2.37. The molecule has 0 unspecified atom stereocenters. The number of benzene rings is 1. The number of halogens is 3. The van der Waals surface area contributed by atoms with Crippen molar-refractivity contribution in [1.82, 2.24) is 24.7 Å². The van der Waals surface area contributed by atoms with Crippen molar-refractivity contribution in [1.29, 1.82) is 0 Å². The highest BCUT2D eigenvalue weighted by Crippen LogP contribution is 2.30. The lowest BCUT2D eigenvalue weighted by atomic mass is 10.2. The first-order chi connectivity index (χ1) is 12.6. The van der Waals surface area contributed by atoms with Crippen LogP contribution < -0.4 is 9.88 Å². The summed E-state index contributed by atoms with van der Waals surface area (Å²) in [5, 5.41) is 8.36. The number of hydrogen-bond acceptors (Lipinski definition) is 7. The lowest BCUT2D eigenvalue weighted by Crippen LogP contribution is -2.14. The topological polar surface area (TPSA) is 126 Å². The predicted molar refractivity (Wildman–Crippen MR) is 85.3 cm³/mol. The van der Waals surface area contributed by atoms with Gasteiger partial charge in [-0.25, -0.2) is 28.5 Å². The number of hydrogen-bond donors (Lipinski definition) is 1. The maximum atomic E-state index is 13.1. The van der Waals surface area contributed by atoms with Gasteiger partial charge >= 0.3 is 6.18 Å². The fraction of sp³-hybridized carbons (Fsp3) is 0.143. The number of sulfonamides is 1. The monoisotopic (exact) mass is 400 g/mol. The van der Waals surface area contributed by atoms with Crippen molar-refractivity contribution in [3.8, 4) is 23.1 Å². The minimum absolute atomic E-state index is 0.187. The Balaban J connectivity index is 2.14. The second kappa shape index (κ2) is 6.59. The maximum Gasteiger partial charge on any atom is 0.453 e. The predicted octanol–water partition coefficient (Wildman–Crippen LogP) is 1.40. The van der Waals surface area contributed by atoms with Gasteiger partial charge in [0.15, 0.2) is 5.82 Å². The van der Waals surface area contributed by atoms with Crippen LogP contribution in [0.5, 0.6) is 5.75 Å². The Morgan fingerprint density at radius 2 is 1.70 bits per heavy atom. The molecule has 0 saturated heterocycles. The van der Waals surface area contributed by atoms with Crippen LogP contribution in [0.25, 0.3) is 17.3 Å². The van der Waals surface area contributed by atoms with Gasteiger partial charge in [-0.3, -0.25) is 0 Å². The lowest BCUT2D eigenvalue weighted by Gasteiger charge is -2.05. The molecule has 1 aromatic carbocycles. The Kier molecular flexibility index (Phi) is 4.57. The van der Waals surface area contributed by atoms with Crippen molar-refractivity contribution in [3.05, 3.63) is 42.5 Å². The Bertz CT molecular complexity index is 1060. The van der Waals surface area contributed by atoms with Gasteiger partial charge in [0.05, 0.1) is 19.5 Å². The van der Waals surface area contributed by atoms with Crippen molar-refractivity contribution in [2.24, 2.45) is 5.14 Å². The Morgan fingerprint density at radius 3 is 2.19 bits per heavy atom. The van der Waals surface area contributed by atoms with Gasteiger partial charge in [0, 0.05) is 5.56 Å². The van der Waals surface area contributed by atoms with Crippen LogP contribution in [0.3, 0.4) is 0 Å². The first-order valence-electron chi connectivity index (χ1n) is 7.13. The van der Waals surface area contributed by atoms with Crippen LogP contribution in [-0.4, -0.2) is 40.3 Å². The van der Waals surface area contributed by atoms with E-state index < -0.39 is 26.9 Å². The molecule has 2 aromatic heterocycles. The van der Waals surface area contributed by atoms with Crippen LogP contribution in [0, 0.1) is 0 Å². The van der Waals surface area contributed by atoms with Gasteiger partial charge in [-0.05, 0) is 24.3 Å². The summed E-state index contributed by atoms with van der Waals surface area (Å²) in [7, 11) is -2.61. The van der Waals surface area contributed by atoms with Crippen LogP contribution in [0.4, 0.5) is 13.2 Å². The molecule has 0 spiro atoms. The van der Waals surface area contributed by atoms with E-state index in [1.165, 1.54) is 31.4 Å². The molecule has 3 aromatic rings. The summed E-state index contributed by atoms with van der Waals surface area (Å²) in [6.07, 6.45) is -3.07. The third kappa shape index (κ3) is 3.88. The van der Waals surface area contributed by atoms with Crippen LogP contribution in [0.2, 0.25) is 0 Å². The minimum atomic E-state index is -4.80. The summed E-state index contributed by atoms with van der Waals surface area (Å²) >= 11 is 0. The molecule has 0 aliphatic rings. The number of rotatable bonds is 4. The fourth-order valence-corrected chi connectivity index (χ4v) is 2.46. The number of nitrogens with two attached hydrogens (primary N) is 1. The van der Waals surface area contributed by atoms with Crippen molar-refractivity contribution < 1.29 is 26.3 Å². The van der Waals surface area contributed by atoms with E-state index in [1.54, 1.807) is 0 Å².